The van der Waals surface area contributed by atoms with Gasteiger partial charge in [0.1, 0.15) is 5.69 Å². The standard InChI is InChI=1S/C14H20ClN3O2/c1-17-9-6-11(7-10-17)5-8-16-14-12(15)3-2-4-13(14)18(19)20/h2-4,11,16H,5-10H2,1H3. The van der Waals surface area contributed by atoms with E-state index in [-0.39, 0.29) is 5.69 Å². The van der Waals surface area contributed by atoms with E-state index < -0.39 is 4.92 Å². The highest BCUT2D eigenvalue weighted by Gasteiger charge is 2.18. The lowest BCUT2D eigenvalue weighted by Crippen LogP contribution is -2.30. The van der Waals surface area contributed by atoms with Crippen LogP contribution >= 0.6 is 11.6 Å². The number of nitrogens with zero attached hydrogens (tertiary/aromatic N) is 2. The number of rotatable bonds is 5. The summed E-state index contributed by atoms with van der Waals surface area (Å²) in [6.45, 7) is 2.99. The maximum atomic E-state index is 11.0. The number of hydrogen-bond acceptors (Lipinski definition) is 4. The Morgan fingerprint density at radius 1 is 1.45 bits per heavy atom. The Bertz CT molecular complexity index is 473. The molecule has 0 bridgehead atoms. The minimum atomic E-state index is -0.399. The summed E-state index contributed by atoms with van der Waals surface area (Å²) in [5, 5.41) is 14.5. The Balaban J connectivity index is 1.89. The maximum absolute atomic E-state index is 11.0. The quantitative estimate of drug-likeness (QED) is 0.668. The Hall–Kier alpha value is -1.33. The molecule has 110 valence electrons. The smallest absolute Gasteiger partial charge is 0.293 e. The highest BCUT2D eigenvalue weighted by atomic mass is 35.5. The van der Waals surface area contributed by atoms with Crippen molar-refractivity contribution in [3.63, 3.8) is 0 Å². The molecule has 1 aliphatic heterocycles. The zero-order valence-electron chi connectivity index (χ0n) is 11.6. The van der Waals surface area contributed by atoms with Crippen LogP contribution in [-0.2, 0) is 0 Å². The van der Waals surface area contributed by atoms with Crippen LogP contribution in [-0.4, -0.2) is 36.5 Å². The van der Waals surface area contributed by atoms with Crippen LogP contribution in [0, 0.1) is 16.0 Å². The normalized spacial score (nSPS) is 17.1. The number of para-hydroxylation sites is 1. The number of halogens is 1. The van der Waals surface area contributed by atoms with Gasteiger partial charge in [-0.1, -0.05) is 17.7 Å². The van der Waals surface area contributed by atoms with Crippen LogP contribution in [0.4, 0.5) is 11.4 Å². The molecule has 6 heteroatoms. The first-order valence-corrected chi connectivity index (χ1v) is 7.31. The number of piperidine rings is 1. The number of nitro groups is 1. The Labute approximate surface area is 124 Å². The second-order valence-corrected chi connectivity index (χ2v) is 5.76. The molecular weight excluding hydrogens is 278 g/mol. The van der Waals surface area contributed by atoms with Gasteiger partial charge in [-0.2, -0.15) is 0 Å². The number of anilines is 1. The van der Waals surface area contributed by atoms with Gasteiger partial charge < -0.3 is 10.2 Å². The number of nitro benzene ring substituents is 1. The number of benzene rings is 1. The fraction of sp³-hybridized carbons (Fsp3) is 0.571. The highest BCUT2D eigenvalue weighted by molar-refractivity contribution is 6.33. The molecule has 0 unspecified atom stereocenters. The zero-order valence-corrected chi connectivity index (χ0v) is 12.4. The monoisotopic (exact) mass is 297 g/mol. The summed E-state index contributed by atoms with van der Waals surface area (Å²) < 4.78 is 0. The van der Waals surface area contributed by atoms with Gasteiger partial charge >= 0.3 is 0 Å². The highest BCUT2D eigenvalue weighted by Crippen LogP contribution is 2.32. The number of nitrogens with one attached hydrogen (secondary N) is 1. The lowest BCUT2D eigenvalue weighted by Gasteiger charge is -2.29. The van der Waals surface area contributed by atoms with Gasteiger partial charge in [0.05, 0.1) is 9.95 Å². The average Bonchev–Trinajstić information content (AvgIpc) is 2.42. The van der Waals surface area contributed by atoms with E-state index in [4.69, 9.17) is 11.6 Å². The molecule has 20 heavy (non-hydrogen) atoms. The minimum Gasteiger partial charge on any atom is -0.378 e. The van der Waals surface area contributed by atoms with Gasteiger partial charge in [-0.05, 0) is 51.4 Å². The summed E-state index contributed by atoms with van der Waals surface area (Å²) >= 11 is 6.04. The second-order valence-electron chi connectivity index (χ2n) is 5.35. The van der Waals surface area contributed by atoms with Crippen molar-refractivity contribution in [3.8, 4) is 0 Å². The fourth-order valence-electron chi connectivity index (χ4n) is 2.59. The van der Waals surface area contributed by atoms with Crippen molar-refractivity contribution >= 4 is 23.0 Å². The van der Waals surface area contributed by atoms with E-state index in [0.29, 0.717) is 16.6 Å². The summed E-state index contributed by atoms with van der Waals surface area (Å²) in [5.41, 5.74) is 0.480. The summed E-state index contributed by atoms with van der Waals surface area (Å²) in [6, 6.07) is 4.75. The Kier molecular flexibility index (Phi) is 5.20. The summed E-state index contributed by atoms with van der Waals surface area (Å²) in [7, 11) is 2.14. The van der Waals surface area contributed by atoms with Gasteiger partial charge in [0.15, 0.2) is 0 Å². The van der Waals surface area contributed by atoms with Crippen LogP contribution in [0.5, 0.6) is 0 Å². The van der Waals surface area contributed by atoms with E-state index in [1.165, 1.54) is 18.9 Å². The first kappa shape index (κ1) is 15.1. The molecule has 0 amide bonds. The third-order valence-corrected chi connectivity index (χ3v) is 4.20. The Morgan fingerprint density at radius 2 is 2.15 bits per heavy atom. The van der Waals surface area contributed by atoms with Crippen molar-refractivity contribution < 1.29 is 4.92 Å². The third kappa shape index (κ3) is 3.84. The molecular formula is C14H20ClN3O2. The molecule has 1 saturated heterocycles. The van der Waals surface area contributed by atoms with Gasteiger partial charge in [0, 0.05) is 12.6 Å². The number of hydrogen-bond donors (Lipinski definition) is 1. The predicted octanol–water partition coefficient (Wildman–Crippen LogP) is 3.39. The van der Waals surface area contributed by atoms with Gasteiger partial charge in [-0.25, -0.2) is 0 Å². The van der Waals surface area contributed by atoms with E-state index in [0.717, 1.165) is 26.1 Å². The molecule has 1 aromatic rings. The molecule has 1 fully saturated rings. The van der Waals surface area contributed by atoms with Crippen molar-refractivity contribution in [1.29, 1.82) is 0 Å². The molecule has 1 aliphatic rings. The van der Waals surface area contributed by atoms with E-state index in [9.17, 15) is 10.1 Å². The summed E-state index contributed by atoms with van der Waals surface area (Å²) in [5.74, 6) is 0.695. The molecule has 5 nitrogen and oxygen atoms in total. The van der Waals surface area contributed by atoms with Gasteiger partial charge in [-0.15, -0.1) is 0 Å². The van der Waals surface area contributed by atoms with Crippen molar-refractivity contribution in [2.45, 2.75) is 19.3 Å². The molecule has 0 saturated carbocycles. The lowest BCUT2D eigenvalue weighted by atomic mass is 9.94. The van der Waals surface area contributed by atoms with Crippen LogP contribution in [0.15, 0.2) is 18.2 Å². The van der Waals surface area contributed by atoms with Crippen LogP contribution in [0.3, 0.4) is 0 Å². The first-order chi connectivity index (χ1) is 9.58. The van der Waals surface area contributed by atoms with Gasteiger partial charge in [0.25, 0.3) is 5.69 Å². The van der Waals surface area contributed by atoms with Crippen molar-refractivity contribution in [2.75, 3.05) is 32.0 Å². The van der Waals surface area contributed by atoms with Crippen LogP contribution in [0.2, 0.25) is 5.02 Å². The van der Waals surface area contributed by atoms with E-state index in [2.05, 4.69) is 17.3 Å². The van der Waals surface area contributed by atoms with Gasteiger partial charge in [0.2, 0.25) is 0 Å². The molecule has 1 N–H and O–H groups in total. The van der Waals surface area contributed by atoms with E-state index in [1.807, 2.05) is 0 Å². The van der Waals surface area contributed by atoms with Gasteiger partial charge in [-0.3, -0.25) is 10.1 Å². The van der Waals surface area contributed by atoms with Crippen LogP contribution < -0.4 is 5.32 Å². The van der Waals surface area contributed by atoms with Crippen LogP contribution in [0.25, 0.3) is 0 Å². The average molecular weight is 298 g/mol. The SMILES string of the molecule is CN1CCC(CCNc2c(Cl)cccc2[N+](=O)[O-])CC1. The van der Waals surface area contributed by atoms with Crippen molar-refractivity contribution in [3.05, 3.63) is 33.3 Å². The first-order valence-electron chi connectivity index (χ1n) is 6.93. The van der Waals surface area contributed by atoms with Crippen molar-refractivity contribution in [2.24, 2.45) is 5.92 Å². The van der Waals surface area contributed by atoms with Crippen LogP contribution in [0.1, 0.15) is 19.3 Å². The summed E-state index contributed by atoms with van der Waals surface area (Å²) in [4.78, 5) is 12.9. The Morgan fingerprint density at radius 3 is 2.80 bits per heavy atom. The van der Waals surface area contributed by atoms with Crippen molar-refractivity contribution in [1.82, 2.24) is 4.90 Å². The zero-order chi connectivity index (χ0) is 14.5. The third-order valence-electron chi connectivity index (χ3n) is 3.88. The molecule has 0 spiro atoms. The fourth-order valence-corrected chi connectivity index (χ4v) is 2.83. The summed E-state index contributed by atoms with van der Waals surface area (Å²) in [6.07, 6.45) is 3.42. The molecule has 0 aliphatic carbocycles. The number of likely N-dealkylation sites (tertiary alicyclic amines) is 1. The lowest BCUT2D eigenvalue weighted by molar-refractivity contribution is -0.383. The largest absolute Gasteiger partial charge is 0.378 e. The molecule has 1 heterocycles. The van der Waals surface area contributed by atoms with E-state index in [1.54, 1.807) is 12.1 Å². The maximum Gasteiger partial charge on any atom is 0.293 e. The molecule has 1 aromatic carbocycles. The second kappa shape index (κ2) is 6.90. The molecule has 0 atom stereocenters. The predicted molar refractivity (Wildman–Crippen MR) is 81.4 cm³/mol. The topological polar surface area (TPSA) is 58.4 Å². The molecule has 2 rings (SSSR count). The minimum absolute atomic E-state index is 0.0425. The molecule has 0 aromatic heterocycles. The van der Waals surface area contributed by atoms with E-state index >= 15 is 0 Å². The molecule has 0 radical (unpaired) electrons.